The summed E-state index contributed by atoms with van der Waals surface area (Å²) in [6, 6.07) is 9.77. The van der Waals surface area contributed by atoms with Crippen molar-refractivity contribution >= 4 is 0 Å². The van der Waals surface area contributed by atoms with E-state index in [0.717, 1.165) is 24.3 Å². The predicted octanol–water partition coefficient (Wildman–Crippen LogP) is 3.34. The molecule has 1 heteroatoms. The Bertz CT molecular complexity index is 331. The molecule has 88 valence electrons. The highest BCUT2D eigenvalue weighted by Gasteiger charge is 2.44. The van der Waals surface area contributed by atoms with Crippen LogP contribution in [0.5, 0.6) is 0 Å². The lowest BCUT2D eigenvalue weighted by atomic mass is 9.59. The Kier molecular flexibility index (Phi) is 3.34. The first-order chi connectivity index (χ1) is 7.65. The van der Waals surface area contributed by atoms with Gasteiger partial charge in [-0.15, -0.1) is 0 Å². The molecule has 0 spiro atoms. The van der Waals surface area contributed by atoms with Crippen molar-refractivity contribution in [2.45, 2.75) is 39.7 Å². The molecule has 0 heterocycles. The summed E-state index contributed by atoms with van der Waals surface area (Å²) >= 11 is 0. The molecule has 1 nitrogen and oxygen atoms in total. The Balaban J connectivity index is 2.10. The van der Waals surface area contributed by atoms with Crippen molar-refractivity contribution in [1.82, 2.24) is 5.32 Å². The molecule has 2 atom stereocenters. The van der Waals surface area contributed by atoms with Crippen LogP contribution in [-0.4, -0.2) is 12.6 Å². The fourth-order valence-corrected chi connectivity index (χ4v) is 3.26. The molecular weight excluding hydrogens is 194 g/mol. The molecule has 2 rings (SSSR count). The van der Waals surface area contributed by atoms with Crippen LogP contribution in [0, 0.1) is 18.8 Å². The van der Waals surface area contributed by atoms with Gasteiger partial charge in [0.1, 0.15) is 0 Å². The van der Waals surface area contributed by atoms with Crippen molar-refractivity contribution in [2.24, 2.45) is 11.8 Å². The molecule has 0 amide bonds. The summed E-state index contributed by atoms with van der Waals surface area (Å²) in [4.78, 5) is 0. The van der Waals surface area contributed by atoms with Gasteiger partial charge in [0.25, 0.3) is 0 Å². The fraction of sp³-hybridized carbons (Fsp3) is 0.600. The third-order valence-electron chi connectivity index (χ3n) is 4.17. The molecule has 16 heavy (non-hydrogen) atoms. The summed E-state index contributed by atoms with van der Waals surface area (Å²) in [6.07, 6.45) is 0. The average Bonchev–Trinajstić information content (AvgIpc) is 2.29. The normalized spacial score (nSPS) is 33.5. The van der Waals surface area contributed by atoms with E-state index in [1.807, 2.05) is 0 Å². The van der Waals surface area contributed by atoms with Crippen LogP contribution in [0.2, 0.25) is 0 Å². The SMILES string of the molecule is CCNC1C(C)C(c2ccc(C)cc2)C1C. The third-order valence-corrected chi connectivity index (χ3v) is 4.17. The van der Waals surface area contributed by atoms with Crippen LogP contribution in [0.3, 0.4) is 0 Å². The number of rotatable bonds is 3. The van der Waals surface area contributed by atoms with E-state index in [1.54, 1.807) is 0 Å². The van der Waals surface area contributed by atoms with Crippen LogP contribution in [-0.2, 0) is 0 Å². The van der Waals surface area contributed by atoms with Gasteiger partial charge in [-0.1, -0.05) is 50.6 Å². The number of aryl methyl sites for hydroxylation is 1. The Morgan fingerprint density at radius 3 is 2.12 bits per heavy atom. The Labute approximate surface area is 99.3 Å². The topological polar surface area (TPSA) is 12.0 Å². The van der Waals surface area contributed by atoms with Gasteiger partial charge in [-0.2, -0.15) is 0 Å². The molecule has 0 bridgehead atoms. The number of hydrogen-bond acceptors (Lipinski definition) is 1. The molecule has 2 unspecified atom stereocenters. The standard InChI is InChI=1S/C15H23N/c1-5-16-15-11(3)14(12(15)4)13-8-6-10(2)7-9-13/h6-9,11-12,14-16H,5H2,1-4H3. The molecule has 1 aromatic rings. The summed E-state index contributed by atoms with van der Waals surface area (Å²) in [5.41, 5.74) is 2.87. The smallest absolute Gasteiger partial charge is 0.0130 e. The number of hydrogen-bond donors (Lipinski definition) is 1. The quantitative estimate of drug-likeness (QED) is 0.819. The maximum Gasteiger partial charge on any atom is 0.0130 e. The second-order valence-corrected chi connectivity index (χ2v) is 5.24. The van der Waals surface area contributed by atoms with Crippen LogP contribution in [0.1, 0.15) is 37.8 Å². The van der Waals surface area contributed by atoms with Crippen molar-refractivity contribution in [1.29, 1.82) is 0 Å². The molecule has 0 saturated heterocycles. The Morgan fingerprint density at radius 1 is 1.06 bits per heavy atom. The molecular formula is C15H23N. The summed E-state index contributed by atoms with van der Waals surface area (Å²) in [5.74, 6) is 2.26. The molecule has 1 N–H and O–H groups in total. The molecule has 1 aliphatic rings. The van der Waals surface area contributed by atoms with Gasteiger partial charge in [0, 0.05) is 6.04 Å². The summed E-state index contributed by atoms with van der Waals surface area (Å²) < 4.78 is 0. The third kappa shape index (κ3) is 1.89. The van der Waals surface area contributed by atoms with Crippen LogP contribution in [0.25, 0.3) is 0 Å². The van der Waals surface area contributed by atoms with E-state index in [9.17, 15) is 0 Å². The van der Waals surface area contributed by atoms with Gasteiger partial charge in [-0.3, -0.25) is 0 Å². The van der Waals surface area contributed by atoms with Gasteiger partial charge in [-0.05, 0) is 36.8 Å². The summed E-state index contributed by atoms with van der Waals surface area (Å²) in [7, 11) is 0. The van der Waals surface area contributed by atoms with Crippen LogP contribution in [0.15, 0.2) is 24.3 Å². The lowest BCUT2D eigenvalue weighted by molar-refractivity contribution is 0.0982. The van der Waals surface area contributed by atoms with E-state index in [1.165, 1.54) is 11.1 Å². The highest BCUT2D eigenvalue weighted by Crippen LogP contribution is 2.47. The minimum Gasteiger partial charge on any atom is -0.314 e. The minimum atomic E-state index is 0.705. The Hall–Kier alpha value is -0.820. The van der Waals surface area contributed by atoms with Crippen LogP contribution in [0.4, 0.5) is 0 Å². The van der Waals surface area contributed by atoms with E-state index >= 15 is 0 Å². The fourth-order valence-electron chi connectivity index (χ4n) is 3.26. The maximum atomic E-state index is 3.59. The van der Waals surface area contributed by atoms with E-state index < -0.39 is 0 Å². The summed E-state index contributed by atoms with van der Waals surface area (Å²) in [5, 5.41) is 3.59. The van der Waals surface area contributed by atoms with Gasteiger partial charge in [0.05, 0.1) is 0 Å². The van der Waals surface area contributed by atoms with Crippen LogP contribution < -0.4 is 5.32 Å². The first-order valence-electron chi connectivity index (χ1n) is 6.45. The van der Waals surface area contributed by atoms with Gasteiger partial charge in [0.15, 0.2) is 0 Å². The van der Waals surface area contributed by atoms with Crippen molar-refractivity contribution in [3.8, 4) is 0 Å². The zero-order chi connectivity index (χ0) is 11.7. The molecule has 0 aliphatic heterocycles. The highest BCUT2D eigenvalue weighted by atomic mass is 14.9. The van der Waals surface area contributed by atoms with Crippen molar-refractivity contribution < 1.29 is 0 Å². The number of nitrogens with one attached hydrogen (secondary N) is 1. The van der Waals surface area contributed by atoms with Gasteiger partial charge in [0.2, 0.25) is 0 Å². The average molecular weight is 217 g/mol. The van der Waals surface area contributed by atoms with Crippen molar-refractivity contribution in [2.75, 3.05) is 6.54 Å². The lowest BCUT2D eigenvalue weighted by Gasteiger charge is -2.50. The van der Waals surface area contributed by atoms with Gasteiger partial charge < -0.3 is 5.32 Å². The largest absolute Gasteiger partial charge is 0.314 e. The molecule has 0 radical (unpaired) electrons. The van der Waals surface area contributed by atoms with E-state index in [0.29, 0.717) is 6.04 Å². The zero-order valence-electron chi connectivity index (χ0n) is 10.8. The monoisotopic (exact) mass is 217 g/mol. The first kappa shape index (κ1) is 11.7. The molecule has 0 aromatic heterocycles. The molecule has 1 saturated carbocycles. The summed E-state index contributed by atoms with van der Waals surface area (Å²) in [6.45, 7) is 10.2. The van der Waals surface area contributed by atoms with Gasteiger partial charge in [-0.25, -0.2) is 0 Å². The molecule has 1 fully saturated rings. The Morgan fingerprint density at radius 2 is 1.62 bits per heavy atom. The van der Waals surface area contributed by atoms with E-state index in [2.05, 4.69) is 57.3 Å². The van der Waals surface area contributed by atoms with Crippen molar-refractivity contribution in [3.05, 3.63) is 35.4 Å². The second kappa shape index (κ2) is 4.58. The van der Waals surface area contributed by atoms with E-state index in [-0.39, 0.29) is 0 Å². The molecule has 1 aliphatic carbocycles. The van der Waals surface area contributed by atoms with Crippen molar-refractivity contribution in [3.63, 3.8) is 0 Å². The zero-order valence-corrected chi connectivity index (χ0v) is 10.8. The van der Waals surface area contributed by atoms with Crippen LogP contribution >= 0.6 is 0 Å². The molecule has 1 aromatic carbocycles. The minimum absolute atomic E-state index is 0.705. The first-order valence-corrected chi connectivity index (χ1v) is 6.45. The second-order valence-electron chi connectivity index (χ2n) is 5.24. The number of benzene rings is 1. The lowest BCUT2D eigenvalue weighted by Crippen LogP contribution is -2.54. The predicted molar refractivity (Wildman–Crippen MR) is 69.7 cm³/mol. The van der Waals surface area contributed by atoms with Gasteiger partial charge >= 0.3 is 0 Å². The van der Waals surface area contributed by atoms with E-state index in [4.69, 9.17) is 0 Å². The highest BCUT2D eigenvalue weighted by molar-refractivity contribution is 5.29. The maximum absolute atomic E-state index is 3.59.